The van der Waals surface area contributed by atoms with E-state index in [1.807, 2.05) is 65.4 Å². The fourth-order valence-electron chi connectivity index (χ4n) is 4.85. The van der Waals surface area contributed by atoms with Crippen molar-refractivity contribution in [1.29, 1.82) is 0 Å². The summed E-state index contributed by atoms with van der Waals surface area (Å²) in [6, 6.07) is 30.3. The van der Waals surface area contributed by atoms with Crippen LogP contribution in [0.4, 0.5) is 15.8 Å². The van der Waals surface area contributed by atoms with E-state index < -0.39 is 4.92 Å². The van der Waals surface area contributed by atoms with E-state index in [0.29, 0.717) is 5.11 Å². The Labute approximate surface area is 239 Å². The zero-order valence-electron chi connectivity index (χ0n) is 20.9. The molecule has 0 spiro atoms. The van der Waals surface area contributed by atoms with Gasteiger partial charge in [-0.25, -0.2) is 4.39 Å². The Bertz CT molecular complexity index is 1660. The molecule has 0 unspecified atom stereocenters. The lowest BCUT2D eigenvalue weighted by Crippen LogP contribution is -2.30. The number of anilines is 1. The Morgan fingerprint density at radius 2 is 1.55 bits per heavy atom. The van der Waals surface area contributed by atoms with Gasteiger partial charge in [0.15, 0.2) is 5.11 Å². The van der Waals surface area contributed by atoms with Gasteiger partial charge in [0.2, 0.25) is 0 Å². The normalized spacial score (nSPS) is 16.6. The van der Waals surface area contributed by atoms with E-state index in [2.05, 4.69) is 15.2 Å². The molecule has 7 nitrogen and oxygen atoms in total. The van der Waals surface area contributed by atoms with Gasteiger partial charge in [0.05, 0.1) is 16.7 Å². The SMILES string of the molecule is O=[N+]([O-])c1ccc(Sc2ccc(N3C(=S)N[C@H](c4ccccn4)[C@@H]3c3cccn3-c3ccc(F)cc3)cc2)cc1. The highest BCUT2D eigenvalue weighted by Gasteiger charge is 2.42. The van der Waals surface area contributed by atoms with Crippen LogP contribution in [0.15, 0.2) is 125 Å². The number of aromatic nitrogens is 2. The van der Waals surface area contributed by atoms with Crippen molar-refractivity contribution < 1.29 is 9.31 Å². The molecule has 6 rings (SSSR count). The van der Waals surface area contributed by atoms with Crippen LogP contribution in [0.5, 0.6) is 0 Å². The van der Waals surface area contributed by atoms with Crippen LogP contribution in [-0.4, -0.2) is 19.6 Å². The van der Waals surface area contributed by atoms with Gasteiger partial charge >= 0.3 is 0 Å². The molecule has 198 valence electrons. The molecule has 0 amide bonds. The van der Waals surface area contributed by atoms with Crippen LogP contribution < -0.4 is 10.2 Å². The molecule has 0 aliphatic carbocycles. The lowest BCUT2D eigenvalue weighted by molar-refractivity contribution is -0.384. The lowest BCUT2D eigenvalue weighted by atomic mass is 10.0. The second-order valence-corrected chi connectivity index (χ2v) is 10.7. The van der Waals surface area contributed by atoms with Crippen molar-refractivity contribution in [3.05, 3.63) is 143 Å². The Morgan fingerprint density at radius 1 is 0.875 bits per heavy atom. The van der Waals surface area contributed by atoms with Gasteiger partial charge in [-0.05, 0) is 97.1 Å². The van der Waals surface area contributed by atoms with Gasteiger partial charge in [0.1, 0.15) is 11.9 Å². The Balaban J connectivity index is 1.35. The highest BCUT2D eigenvalue weighted by atomic mass is 32.2. The number of thiocarbonyl (C=S) groups is 1. The number of rotatable bonds is 7. The zero-order chi connectivity index (χ0) is 27.6. The summed E-state index contributed by atoms with van der Waals surface area (Å²) in [6.07, 6.45) is 3.73. The monoisotopic (exact) mass is 567 g/mol. The molecule has 40 heavy (non-hydrogen) atoms. The van der Waals surface area contributed by atoms with Crippen molar-refractivity contribution >= 4 is 40.5 Å². The molecular formula is C30H22FN5O2S2. The molecule has 0 bridgehead atoms. The fourth-order valence-corrected chi connectivity index (χ4v) is 6.01. The Hall–Kier alpha value is -4.54. The summed E-state index contributed by atoms with van der Waals surface area (Å²) in [7, 11) is 0. The van der Waals surface area contributed by atoms with Crippen molar-refractivity contribution in [1.82, 2.24) is 14.9 Å². The average molecular weight is 568 g/mol. The van der Waals surface area contributed by atoms with Crippen LogP contribution in [0.2, 0.25) is 0 Å². The average Bonchev–Trinajstić information content (AvgIpc) is 3.59. The van der Waals surface area contributed by atoms with E-state index in [4.69, 9.17) is 12.2 Å². The first-order valence-electron chi connectivity index (χ1n) is 12.4. The Morgan fingerprint density at radius 3 is 2.20 bits per heavy atom. The summed E-state index contributed by atoms with van der Waals surface area (Å²) < 4.78 is 15.7. The van der Waals surface area contributed by atoms with Gasteiger partial charge in [-0.15, -0.1) is 0 Å². The Kier molecular flexibility index (Phi) is 7.02. The van der Waals surface area contributed by atoms with Crippen LogP contribution in [0.3, 0.4) is 0 Å². The summed E-state index contributed by atoms with van der Waals surface area (Å²) in [5.74, 6) is -0.291. The minimum atomic E-state index is -0.405. The molecule has 0 radical (unpaired) electrons. The quantitative estimate of drug-likeness (QED) is 0.126. The molecule has 2 atom stereocenters. The molecule has 2 aromatic heterocycles. The maximum atomic E-state index is 13.7. The maximum Gasteiger partial charge on any atom is 0.269 e. The van der Waals surface area contributed by atoms with Gasteiger partial charge < -0.3 is 14.8 Å². The zero-order valence-corrected chi connectivity index (χ0v) is 22.6. The van der Waals surface area contributed by atoms with E-state index in [-0.39, 0.29) is 23.6 Å². The molecular weight excluding hydrogens is 545 g/mol. The topological polar surface area (TPSA) is 76.2 Å². The second-order valence-electron chi connectivity index (χ2n) is 9.12. The van der Waals surface area contributed by atoms with Crippen LogP contribution in [0.1, 0.15) is 23.5 Å². The van der Waals surface area contributed by atoms with Gasteiger partial charge in [0.25, 0.3) is 5.69 Å². The standard InChI is InChI=1S/C30H22FN5O2S2/c31-20-6-8-21(9-7-20)34-19-3-5-27(34)29-28(26-4-1-2-18-32-26)33-30(39)35(29)22-10-14-24(15-11-22)40-25-16-12-23(13-17-25)36(37)38/h1-19,28-29H,(H,33,39)/t28-,29+/m1/s1. The van der Waals surface area contributed by atoms with Crippen LogP contribution >= 0.6 is 24.0 Å². The van der Waals surface area contributed by atoms with Crippen LogP contribution in [0.25, 0.3) is 5.69 Å². The second kappa shape index (κ2) is 10.9. The molecule has 1 saturated heterocycles. The molecule has 0 saturated carbocycles. The highest BCUT2D eigenvalue weighted by molar-refractivity contribution is 7.99. The predicted octanol–water partition coefficient (Wildman–Crippen LogP) is 7.25. The van der Waals surface area contributed by atoms with Crippen LogP contribution in [-0.2, 0) is 0 Å². The molecule has 1 N–H and O–H groups in total. The largest absolute Gasteiger partial charge is 0.351 e. The third kappa shape index (κ3) is 5.06. The van der Waals surface area contributed by atoms with E-state index >= 15 is 0 Å². The number of pyridine rings is 1. The molecule has 3 heterocycles. The van der Waals surface area contributed by atoms with E-state index in [1.54, 1.807) is 30.5 Å². The van der Waals surface area contributed by atoms with Crippen molar-refractivity contribution in [3.63, 3.8) is 0 Å². The van der Waals surface area contributed by atoms with Gasteiger partial charge in [-0.2, -0.15) is 0 Å². The molecule has 5 aromatic rings. The number of nitro benzene ring substituents is 1. The summed E-state index contributed by atoms with van der Waals surface area (Å²) >= 11 is 7.39. The van der Waals surface area contributed by atoms with Gasteiger partial charge in [-0.1, -0.05) is 17.8 Å². The maximum absolute atomic E-state index is 13.7. The van der Waals surface area contributed by atoms with Gasteiger partial charge in [-0.3, -0.25) is 15.1 Å². The van der Waals surface area contributed by atoms with E-state index in [0.717, 1.165) is 32.6 Å². The molecule has 1 aliphatic rings. The van der Waals surface area contributed by atoms with Crippen LogP contribution in [0, 0.1) is 15.9 Å². The molecule has 1 aliphatic heterocycles. The summed E-state index contributed by atoms with van der Waals surface area (Å²) in [4.78, 5) is 19.2. The molecule has 10 heteroatoms. The molecule has 3 aromatic carbocycles. The van der Waals surface area contributed by atoms with Crippen molar-refractivity contribution in [3.8, 4) is 5.69 Å². The van der Waals surface area contributed by atoms with Gasteiger partial charge in [0, 0.05) is 51.4 Å². The minimum Gasteiger partial charge on any atom is -0.351 e. The number of hydrogen-bond donors (Lipinski definition) is 1. The number of nitrogens with one attached hydrogen (secondary N) is 1. The number of benzene rings is 3. The summed E-state index contributed by atoms with van der Waals surface area (Å²) in [6.45, 7) is 0. The predicted molar refractivity (Wildman–Crippen MR) is 157 cm³/mol. The molecule has 1 fully saturated rings. The third-order valence-corrected chi connectivity index (χ3v) is 8.01. The highest BCUT2D eigenvalue weighted by Crippen LogP contribution is 2.43. The summed E-state index contributed by atoms with van der Waals surface area (Å²) in [5, 5.41) is 15.0. The van der Waals surface area contributed by atoms with Crippen molar-refractivity contribution in [2.24, 2.45) is 0 Å². The number of non-ortho nitro benzene ring substituents is 1. The number of nitrogens with zero attached hydrogens (tertiary/aromatic N) is 4. The first kappa shape index (κ1) is 25.7. The summed E-state index contributed by atoms with van der Waals surface area (Å²) in [5.41, 5.74) is 3.64. The fraction of sp³-hybridized carbons (Fsp3) is 0.0667. The smallest absolute Gasteiger partial charge is 0.269 e. The number of hydrogen-bond acceptors (Lipinski definition) is 5. The lowest BCUT2D eigenvalue weighted by Gasteiger charge is -2.29. The van der Waals surface area contributed by atoms with E-state index in [9.17, 15) is 14.5 Å². The minimum absolute atomic E-state index is 0.0635. The van der Waals surface area contributed by atoms with Crippen molar-refractivity contribution in [2.75, 3.05) is 4.90 Å². The van der Waals surface area contributed by atoms with E-state index in [1.165, 1.54) is 36.0 Å². The number of halogens is 1. The van der Waals surface area contributed by atoms with Crippen molar-refractivity contribution in [2.45, 2.75) is 21.9 Å². The third-order valence-electron chi connectivity index (χ3n) is 6.68. The number of nitro groups is 1. The first-order chi connectivity index (χ1) is 19.5. The first-order valence-corrected chi connectivity index (χ1v) is 13.7.